The summed E-state index contributed by atoms with van der Waals surface area (Å²) in [6, 6.07) is 7.86. The van der Waals surface area contributed by atoms with Gasteiger partial charge >= 0.3 is 0 Å². The van der Waals surface area contributed by atoms with Crippen molar-refractivity contribution in [1.29, 1.82) is 0 Å². The topological polar surface area (TPSA) is 49.9 Å². The second kappa shape index (κ2) is 8.26. The molecule has 2 aliphatic heterocycles. The Balaban J connectivity index is 1.99. The van der Waals surface area contributed by atoms with Crippen LogP contribution in [0.4, 0.5) is 0 Å². The summed E-state index contributed by atoms with van der Waals surface area (Å²) in [5.74, 6) is -0.324. The van der Waals surface area contributed by atoms with Crippen LogP contribution in [0, 0.1) is 6.92 Å². The molecule has 0 saturated carbocycles. The van der Waals surface area contributed by atoms with Crippen molar-refractivity contribution in [1.82, 2.24) is 9.80 Å². The minimum atomic E-state index is -0.165. The molecule has 0 bridgehead atoms. The Bertz CT molecular complexity index is 728. The monoisotopic (exact) mass is 370 g/mol. The molecule has 2 unspecified atom stereocenters. The van der Waals surface area contributed by atoms with Crippen molar-refractivity contribution in [2.45, 2.75) is 59.2 Å². The van der Waals surface area contributed by atoms with Gasteiger partial charge in [-0.2, -0.15) is 0 Å². The van der Waals surface area contributed by atoms with Crippen molar-refractivity contribution in [2.24, 2.45) is 0 Å². The molecule has 0 N–H and O–H groups in total. The van der Waals surface area contributed by atoms with Gasteiger partial charge in [0.1, 0.15) is 5.70 Å². The standard InChI is InChI=1S/C22H30N2O3/c1-5-6-7-12-24-21(25)19(18-10-8-15(2)9-11-18)20(22(24)26)23-13-16(3)27-17(4)14-23/h8-11,16-17H,5-7,12-14H2,1-4H3. The number of amides is 2. The van der Waals surface area contributed by atoms with Crippen LogP contribution in [-0.2, 0) is 14.3 Å². The first-order valence-electron chi connectivity index (χ1n) is 10.00. The quantitative estimate of drug-likeness (QED) is 0.569. The van der Waals surface area contributed by atoms with Gasteiger partial charge in [0.25, 0.3) is 11.8 Å². The van der Waals surface area contributed by atoms with E-state index in [0.29, 0.717) is 30.9 Å². The number of aryl methyl sites for hydroxylation is 1. The van der Waals surface area contributed by atoms with Crippen molar-refractivity contribution >= 4 is 17.4 Å². The molecule has 5 nitrogen and oxygen atoms in total. The van der Waals surface area contributed by atoms with E-state index in [9.17, 15) is 9.59 Å². The van der Waals surface area contributed by atoms with Gasteiger partial charge in [0, 0.05) is 19.6 Å². The molecule has 0 radical (unpaired) electrons. The number of nitrogens with zero attached hydrogens (tertiary/aromatic N) is 2. The fourth-order valence-electron chi connectivity index (χ4n) is 3.92. The number of imide groups is 1. The Morgan fingerprint density at radius 3 is 2.22 bits per heavy atom. The summed E-state index contributed by atoms with van der Waals surface area (Å²) in [5, 5.41) is 0. The maximum absolute atomic E-state index is 13.2. The summed E-state index contributed by atoms with van der Waals surface area (Å²) in [6.45, 7) is 9.88. The number of hydrogen-bond acceptors (Lipinski definition) is 4. The van der Waals surface area contributed by atoms with Gasteiger partial charge in [-0.15, -0.1) is 0 Å². The highest BCUT2D eigenvalue weighted by Gasteiger charge is 2.42. The van der Waals surface area contributed by atoms with Gasteiger partial charge in [-0.25, -0.2) is 0 Å². The van der Waals surface area contributed by atoms with E-state index < -0.39 is 0 Å². The Kier molecular flexibility index (Phi) is 6.00. The number of benzene rings is 1. The summed E-state index contributed by atoms with van der Waals surface area (Å²) < 4.78 is 5.83. The van der Waals surface area contributed by atoms with E-state index in [1.807, 2.05) is 49.9 Å². The van der Waals surface area contributed by atoms with Crippen LogP contribution in [0.1, 0.15) is 51.2 Å². The maximum atomic E-state index is 13.2. The van der Waals surface area contributed by atoms with E-state index in [4.69, 9.17) is 4.74 Å². The van der Waals surface area contributed by atoms with Crippen LogP contribution >= 0.6 is 0 Å². The molecular weight excluding hydrogens is 340 g/mol. The van der Waals surface area contributed by atoms with Crippen LogP contribution in [0.5, 0.6) is 0 Å². The van der Waals surface area contributed by atoms with Crippen molar-refractivity contribution in [3.8, 4) is 0 Å². The largest absolute Gasteiger partial charge is 0.372 e. The van der Waals surface area contributed by atoms with Crippen molar-refractivity contribution in [3.05, 3.63) is 41.1 Å². The molecule has 1 fully saturated rings. The summed E-state index contributed by atoms with van der Waals surface area (Å²) in [6.07, 6.45) is 2.96. The smallest absolute Gasteiger partial charge is 0.277 e. The summed E-state index contributed by atoms with van der Waals surface area (Å²) >= 11 is 0. The lowest BCUT2D eigenvalue weighted by atomic mass is 10.0. The number of carbonyl (C=O) groups is 2. The average molecular weight is 370 g/mol. The lowest BCUT2D eigenvalue weighted by Gasteiger charge is -2.37. The molecule has 5 heteroatoms. The summed E-state index contributed by atoms with van der Waals surface area (Å²) in [7, 11) is 0. The number of unbranched alkanes of at least 4 members (excludes halogenated alkanes) is 2. The zero-order valence-corrected chi connectivity index (χ0v) is 16.8. The van der Waals surface area contributed by atoms with E-state index in [0.717, 1.165) is 30.4 Å². The molecule has 2 atom stereocenters. The van der Waals surface area contributed by atoms with Gasteiger partial charge in [-0.05, 0) is 32.8 Å². The lowest BCUT2D eigenvalue weighted by molar-refractivity contribution is -0.138. The van der Waals surface area contributed by atoms with Gasteiger partial charge in [-0.1, -0.05) is 49.6 Å². The van der Waals surface area contributed by atoms with Crippen LogP contribution in [0.3, 0.4) is 0 Å². The third-order valence-corrected chi connectivity index (χ3v) is 5.20. The van der Waals surface area contributed by atoms with Gasteiger partial charge in [0.2, 0.25) is 0 Å². The average Bonchev–Trinajstić information content (AvgIpc) is 2.86. The predicted molar refractivity (Wildman–Crippen MR) is 106 cm³/mol. The predicted octanol–water partition coefficient (Wildman–Crippen LogP) is 3.37. The molecule has 27 heavy (non-hydrogen) atoms. The third kappa shape index (κ3) is 4.08. The molecule has 2 heterocycles. The Hall–Kier alpha value is -2.14. The van der Waals surface area contributed by atoms with E-state index in [1.54, 1.807) is 0 Å². The van der Waals surface area contributed by atoms with Gasteiger partial charge in [0.05, 0.1) is 17.8 Å². The Morgan fingerprint density at radius 1 is 1.00 bits per heavy atom. The first-order chi connectivity index (χ1) is 12.9. The molecule has 3 rings (SSSR count). The SMILES string of the molecule is CCCCCN1C(=O)C(c2ccc(C)cc2)=C(N2CC(C)OC(C)C2)C1=O. The van der Waals surface area contributed by atoms with Gasteiger partial charge < -0.3 is 9.64 Å². The number of carbonyl (C=O) groups excluding carboxylic acids is 2. The number of morpholine rings is 1. The van der Waals surface area contributed by atoms with Crippen LogP contribution in [0.15, 0.2) is 30.0 Å². The highest BCUT2D eigenvalue weighted by atomic mass is 16.5. The zero-order chi connectivity index (χ0) is 19.6. The van der Waals surface area contributed by atoms with Crippen molar-refractivity contribution in [3.63, 3.8) is 0 Å². The van der Waals surface area contributed by atoms with Crippen LogP contribution in [-0.4, -0.2) is 53.5 Å². The van der Waals surface area contributed by atoms with E-state index >= 15 is 0 Å². The third-order valence-electron chi connectivity index (χ3n) is 5.20. The molecule has 2 amide bonds. The molecule has 2 aliphatic rings. The van der Waals surface area contributed by atoms with Crippen molar-refractivity contribution < 1.29 is 14.3 Å². The minimum Gasteiger partial charge on any atom is -0.372 e. The first kappa shape index (κ1) is 19.6. The van der Waals surface area contributed by atoms with Crippen molar-refractivity contribution in [2.75, 3.05) is 19.6 Å². The second-order valence-corrected chi connectivity index (χ2v) is 7.72. The summed E-state index contributed by atoms with van der Waals surface area (Å²) in [5.41, 5.74) is 3.03. The minimum absolute atomic E-state index is 0.0255. The van der Waals surface area contributed by atoms with E-state index in [1.165, 1.54) is 4.90 Å². The van der Waals surface area contributed by atoms with Gasteiger partial charge in [0.15, 0.2) is 0 Å². The molecule has 0 spiro atoms. The van der Waals surface area contributed by atoms with Crippen LogP contribution < -0.4 is 0 Å². The maximum Gasteiger partial charge on any atom is 0.277 e. The highest BCUT2D eigenvalue weighted by Crippen LogP contribution is 2.33. The molecule has 1 saturated heterocycles. The second-order valence-electron chi connectivity index (χ2n) is 7.72. The van der Waals surface area contributed by atoms with E-state index in [-0.39, 0.29) is 24.0 Å². The van der Waals surface area contributed by atoms with Crippen LogP contribution in [0.2, 0.25) is 0 Å². The van der Waals surface area contributed by atoms with E-state index in [2.05, 4.69) is 6.92 Å². The normalized spacial score (nSPS) is 23.6. The van der Waals surface area contributed by atoms with Crippen LogP contribution in [0.25, 0.3) is 5.57 Å². The number of ether oxygens (including phenoxy) is 1. The fraction of sp³-hybridized carbons (Fsp3) is 0.545. The molecule has 1 aromatic carbocycles. The number of rotatable bonds is 6. The summed E-state index contributed by atoms with van der Waals surface area (Å²) in [4.78, 5) is 29.9. The zero-order valence-electron chi connectivity index (χ0n) is 16.8. The van der Waals surface area contributed by atoms with Gasteiger partial charge in [-0.3, -0.25) is 14.5 Å². The molecular formula is C22H30N2O3. The Morgan fingerprint density at radius 2 is 1.63 bits per heavy atom. The highest BCUT2D eigenvalue weighted by molar-refractivity contribution is 6.35. The molecule has 1 aromatic rings. The first-order valence-corrected chi connectivity index (χ1v) is 10.00. The molecule has 0 aliphatic carbocycles. The lowest BCUT2D eigenvalue weighted by Crippen LogP contribution is -2.47. The number of hydrogen-bond donors (Lipinski definition) is 0. The molecule has 0 aromatic heterocycles. The molecule has 146 valence electrons. The Labute approximate surface area is 162 Å². The fourth-order valence-corrected chi connectivity index (χ4v) is 3.92.